The Morgan fingerprint density at radius 3 is 1.01 bits per heavy atom. The van der Waals surface area contributed by atoms with Gasteiger partial charge >= 0.3 is 0 Å². The van der Waals surface area contributed by atoms with E-state index in [0.717, 1.165) is 49.2 Å². The summed E-state index contributed by atoms with van der Waals surface area (Å²) in [6, 6.07) is 14.3. The van der Waals surface area contributed by atoms with Crippen molar-refractivity contribution in [3.8, 4) is 0 Å². The lowest BCUT2D eigenvalue weighted by Crippen LogP contribution is -2.12. The largest absolute Gasteiger partial charge is 0.251 e. The van der Waals surface area contributed by atoms with Gasteiger partial charge in [0, 0.05) is 0 Å². The molecule has 0 aliphatic carbocycles. The number of hydrogen-bond acceptors (Lipinski definition) is 2. The molecule has 0 N–H and O–H groups in total. The maximum Gasteiger partial charge on any atom is 0.0848 e. The van der Waals surface area contributed by atoms with E-state index in [0.29, 0.717) is 0 Å². The first-order chi connectivity index (χ1) is 33.6. The van der Waals surface area contributed by atoms with Crippen LogP contribution < -0.4 is 0 Å². The van der Waals surface area contributed by atoms with Crippen molar-refractivity contribution in [2.24, 2.45) is 9.98 Å². The molecule has 2 nitrogen and oxygen atoms in total. The van der Waals surface area contributed by atoms with Crippen molar-refractivity contribution in [3.63, 3.8) is 0 Å². The topological polar surface area (TPSA) is 24.7 Å². The minimum absolute atomic E-state index is 0.977. The first-order valence-electron chi connectivity index (χ1n) is 30.7. The Labute approximate surface area is 425 Å². The lowest BCUT2D eigenvalue weighted by Gasteiger charge is -2.14. The number of rotatable bonds is 48. The molecule has 0 heterocycles. The molecule has 0 atom stereocenters. The molecular weight excluding hydrogens is 821 g/mol. The Hall–Kier alpha value is -2.48. The highest BCUT2D eigenvalue weighted by molar-refractivity contribution is 6.47. The summed E-state index contributed by atoms with van der Waals surface area (Å²) in [4.78, 5) is 11.1. The van der Waals surface area contributed by atoms with Crippen LogP contribution in [0.1, 0.15) is 321 Å². The zero-order valence-corrected chi connectivity index (χ0v) is 46.6. The summed E-state index contributed by atoms with van der Waals surface area (Å²) in [7, 11) is 0. The van der Waals surface area contributed by atoms with E-state index in [4.69, 9.17) is 9.98 Å². The molecule has 0 saturated heterocycles. The molecule has 2 aromatic rings. The second-order valence-electron chi connectivity index (χ2n) is 21.2. The highest BCUT2D eigenvalue weighted by atomic mass is 14.8. The number of aryl methyl sites for hydroxylation is 4. The van der Waals surface area contributed by atoms with E-state index in [2.05, 4.69) is 90.1 Å². The summed E-state index contributed by atoms with van der Waals surface area (Å²) in [5.74, 6) is 0. The normalized spacial score (nSPS) is 12.3. The highest BCUT2D eigenvalue weighted by Crippen LogP contribution is 2.27. The SMILES string of the molecule is CCCCCCCCCCCCCCCCCCCCCCCC/C=C/C(=Nc1ccc(CCCCC)c(CCCCC)c1)C(CCCCCC)=Nc1ccc(CCCCC)c(CCCCC)c1. The van der Waals surface area contributed by atoms with Crippen molar-refractivity contribution in [3.05, 3.63) is 70.8 Å². The Morgan fingerprint density at radius 1 is 0.324 bits per heavy atom. The number of benzene rings is 2. The molecule has 0 saturated carbocycles. The van der Waals surface area contributed by atoms with Crippen molar-refractivity contribution in [1.29, 1.82) is 0 Å². The molecule has 2 aromatic carbocycles. The fourth-order valence-electron chi connectivity index (χ4n) is 10.1. The molecule has 0 bridgehead atoms. The Bertz CT molecular complexity index is 1530. The van der Waals surface area contributed by atoms with Crippen LogP contribution in [0.4, 0.5) is 11.4 Å². The van der Waals surface area contributed by atoms with Gasteiger partial charge in [0.05, 0.1) is 22.8 Å². The standard InChI is InChI=1S/C66H114N2/c1-7-13-19-21-22-23-24-25-26-27-28-29-30-31-32-33-34-35-36-37-38-39-40-46-52-66(68-64-56-54-60(48-42-16-10-4)62(58-64)50-44-18-12-6)65(51-45-20-14-8-2)67-63-55-53-59(47-41-15-9-3)61(57-63)49-43-17-11-5/h46,52-58H,7-45,47-51H2,1-6H3/b52-46+,67-65?,68-66?. The predicted molar refractivity (Wildman–Crippen MR) is 310 cm³/mol. The van der Waals surface area contributed by atoms with E-state index in [9.17, 15) is 0 Å². The molecule has 2 rings (SSSR count). The Balaban J connectivity index is 2.09. The van der Waals surface area contributed by atoms with Crippen LogP contribution in [-0.2, 0) is 25.7 Å². The molecule has 0 aliphatic rings. The van der Waals surface area contributed by atoms with Crippen LogP contribution in [0.2, 0.25) is 0 Å². The van der Waals surface area contributed by atoms with Crippen molar-refractivity contribution in [1.82, 2.24) is 0 Å². The summed E-state index contributed by atoms with van der Waals surface area (Å²) in [5.41, 5.74) is 10.6. The zero-order valence-electron chi connectivity index (χ0n) is 46.6. The second kappa shape index (κ2) is 45.6. The van der Waals surface area contributed by atoms with Crippen LogP contribution in [0, 0.1) is 0 Å². The van der Waals surface area contributed by atoms with Gasteiger partial charge in [0.2, 0.25) is 0 Å². The number of nitrogens with zero attached hydrogens (tertiary/aromatic N) is 2. The number of unbranched alkanes of at least 4 members (excludes halogenated alkanes) is 33. The molecule has 0 unspecified atom stereocenters. The maximum atomic E-state index is 5.58. The highest BCUT2D eigenvalue weighted by Gasteiger charge is 2.12. The average Bonchev–Trinajstić information content (AvgIpc) is 3.35. The van der Waals surface area contributed by atoms with E-state index in [-0.39, 0.29) is 0 Å². The third-order valence-corrected chi connectivity index (χ3v) is 14.7. The third kappa shape index (κ3) is 32.4. The first-order valence-corrected chi connectivity index (χ1v) is 30.7. The molecule has 388 valence electrons. The Morgan fingerprint density at radius 2 is 0.632 bits per heavy atom. The zero-order chi connectivity index (χ0) is 48.8. The van der Waals surface area contributed by atoms with Gasteiger partial charge in [0.1, 0.15) is 0 Å². The number of aliphatic imine (C=N–C) groups is 2. The van der Waals surface area contributed by atoms with Crippen molar-refractivity contribution < 1.29 is 0 Å². The molecule has 2 heteroatoms. The number of hydrogen-bond donors (Lipinski definition) is 0. The van der Waals surface area contributed by atoms with Gasteiger partial charge in [-0.2, -0.15) is 0 Å². The molecule has 0 radical (unpaired) electrons. The monoisotopic (exact) mass is 935 g/mol. The van der Waals surface area contributed by atoms with E-state index < -0.39 is 0 Å². The van der Waals surface area contributed by atoms with E-state index in [1.165, 1.54) is 267 Å². The Kier molecular flexibility index (Phi) is 41.4. The minimum atomic E-state index is 0.977. The van der Waals surface area contributed by atoms with Gasteiger partial charge in [0.25, 0.3) is 0 Å². The third-order valence-electron chi connectivity index (χ3n) is 14.7. The van der Waals surface area contributed by atoms with Gasteiger partial charge in [-0.15, -0.1) is 0 Å². The molecule has 0 aliphatic heterocycles. The van der Waals surface area contributed by atoms with Gasteiger partial charge < -0.3 is 0 Å². The van der Waals surface area contributed by atoms with Gasteiger partial charge in [-0.1, -0.05) is 265 Å². The maximum absolute atomic E-state index is 5.58. The van der Waals surface area contributed by atoms with Gasteiger partial charge in [0.15, 0.2) is 0 Å². The predicted octanol–water partition coefficient (Wildman–Crippen LogP) is 23.0. The van der Waals surface area contributed by atoms with Crippen molar-refractivity contribution >= 4 is 22.8 Å². The lowest BCUT2D eigenvalue weighted by atomic mass is 9.96. The van der Waals surface area contributed by atoms with Crippen LogP contribution in [0.5, 0.6) is 0 Å². The van der Waals surface area contributed by atoms with E-state index in [1.54, 1.807) is 11.1 Å². The molecular formula is C66H114N2. The fourth-order valence-corrected chi connectivity index (χ4v) is 10.1. The van der Waals surface area contributed by atoms with Crippen LogP contribution >= 0.6 is 0 Å². The van der Waals surface area contributed by atoms with Crippen LogP contribution in [-0.4, -0.2) is 11.4 Å². The van der Waals surface area contributed by atoms with Crippen LogP contribution in [0.3, 0.4) is 0 Å². The van der Waals surface area contributed by atoms with E-state index >= 15 is 0 Å². The molecule has 0 spiro atoms. The summed E-state index contributed by atoms with van der Waals surface area (Å²) in [6.45, 7) is 13.9. The number of allylic oxidation sites excluding steroid dienone is 2. The van der Waals surface area contributed by atoms with Gasteiger partial charge in [-0.05, 0) is 130 Å². The van der Waals surface area contributed by atoms with Gasteiger partial charge in [-0.25, -0.2) is 4.99 Å². The van der Waals surface area contributed by atoms with Crippen LogP contribution in [0.25, 0.3) is 0 Å². The molecule has 0 aromatic heterocycles. The minimum Gasteiger partial charge on any atom is -0.251 e. The lowest BCUT2D eigenvalue weighted by molar-refractivity contribution is 0.519. The van der Waals surface area contributed by atoms with Crippen molar-refractivity contribution in [2.75, 3.05) is 0 Å². The van der Waals surface area contributed by atoms with Crippen molar-refractivity contribution in [2.45, 2.75) is 324 Å². The van der Waals surface area contributed by atoms with E-state index in [1.807, 2.05) is 0 Å². The quantitative estimate of drug-likeness (QED) is 0.0467. The summed E-state index contributed by atoms with van der Waals surface area (Å²) in [6.07, 6.45) is 63.4. The average molecular weight is 936 g/mol. The first kappa shape index (κ1) is 61.6. The van der Waals surface area contributed by atoms with Crippen LogP contribution in [0.15, 0.2) is 58.5 Å². The molecule has 0 fully saturated rings. The summed E-state index contributed by atoms with van der Waals surface area (Å²) >= 11 is 0. The second-order valence-corrected chi connectivity index (χ2v) is 21.2. The smallest absolute Gasteiger partial charge is 0.0848 e. The molecule has 68 heavy (non-hydrogen) atoms. The fraction of sp³-hybridized carbons (Fsp3) is 0.758. The summed E-state index contributed by atoms with van der Waals surface area (Å²) in [5, 5.41) is 0. The van der Waals surface area contributed by atoms with Gasteiger partial charge in [-0.3, -0.25) is 4.99 Å². The molecule has 0 amide bonds. The summed E-state index contributed by atoms with van der Waals surface area (Å²) < 4.78 is 0.